The average Bonchev–Trinajstić information content (AvgIpc) is 2.78. The first kappa shape index (κ1) is 25.9. The van der Waals surface area contributed by atoms with Crippen LogP contribution in [0.1, 0.15) is 70.8 Å². The summed E-state index contributed by atoms with van der Waals surface area (Å²) in [5, 5.41) is 7.04. The maximum Gasteiger partial charge on any atom is 0.225 e. The molecule has 5 nitrogen and oxygen atoms in total. The molecule has 0 atom stereocenters. The lowest BCUT2D eigenvalue weighted by Gasteiger charge is -2.34. The van der Waals surface area contributed by atoms with Crippen molar-refractivity contribution in [1.29, 1.82) is 0 Å². The zero-order valence-electron chi connectivity index (χ0n) is 19.5. The Morgan fingerprint density at radius 3 is 2.29 bits per heavy atom. The minimum atomic E-state index is 0. The van der Waals surface area contributed by atoms with Crippen molar-refractivity contribution >= 4 is 35.8 Å². The number of halogens is 1. The molecular weight excluding hydrogens is 499 g/mol. The Morgan fingerprint density at radius 1 is 1.06 bits per heavy atom. The van der Waals surface area contributed by atoms with E-state index in [1.54, 1.807) is 0 Å². The predicted molar refractivity (Wildman–Crippen MR) is 140 cm³/mol. The number of hydrogen-bond acceptors (Lipinski definition) is 2. The van der Waals surface area contributed by atoms with Gasteiger partial charge in [-0.2, -0.15) is 0 Å². The van der Waals surface area contributed by atoms with Crippen LogP contribution in [-0.2, 0) is 4.79 Å². The van der Waals surface area contributed by atoms with Crippen molar-refractivity contribution in [3.05, 3.63) is 35.9 Å². The van der Waals surface area contributed by atoms with Gasteiger partial charge in [-0.15, -0.1) is 24.0 Å². The molecule has 0 radical (unpaired) electrons. The van der Waals surface area contributed by atoms with Crippen molar-refractivity contribution in [1.82, 2.24) is 15.5 Å². The number of carbonyl (C=O) groups is 1. The van der Waals surface area contributed by atoms with Crippen molar-refractivity contribution in [3.63, 3.8) is 0 Å². The molecule has 0 unspecified atom stereocenters. The molecule has 2 fully saturated rings. The van der Waals surface area contributed by atoms with E-state index in [1.165, 1.54) is 31.2 Å². The SMILES string of the molecule is CCNC(=NCC1CCC(c2ccccc2)CC1)NC1CCN(C(=O)C(C)C)CC1.I. The lowest BCUT2D eigenvalue weighted by molar-refractivity contribution is -0.135. The molecule has 0 aromatic heterocycles. The van der Waals surface area contributed by atoms with Gasteiger partial charge >= 0.3 is 0 Å². The molecular formula is C25H41IN4O. The first-order chi connectivity index (χ1) is 14.6. The highest BCUT2D eigenvalue weighted by Crippen LogP contribution is 2.35. The topological polar surface area (TPSA) is 56.7 Å². The molecule has 0 bridgehead atoms. The zero-order chi connectivity index (χ0) is 21.3. The summed E-state index contributed by atoms with van der Waals surface area (Å²) in [5.74, 6) is 2.71. The summed E-state index contributed by atoms with van der Waals surface area (Å²) >= 11 is 0. The third kappa shape index (κ3) is 7.95. The number of nitrogens with zero attached hydrogens (tertiary/aromatic N) is 2. The maximum absolute atomic E-state index is 12.2. The van der Waals surface area contributed by atoms with Gasteiger partial charge in [0.25, 0.3) is 0 Å². The fraction of sp³-hybridized carbons (Fsp3) is 0.680. The number of guanidine groups is 1. The lowest BCUT2D eigenvalue weighted by atomic mass is 9.79. The van der Waals surface area contributed by atoms with Crippen LogP contribution in [0.3, 0.4) is 0 Å². The smallest absolute Gasteiger partial charge is 0.225 e. The average molecular weight is 541 g/mol. The van der Waals surface area contributed by atoms with Gasteiger partial charge in [0.2, 0.25) is 5.91 Å². The number of amides is 1. The zero-order valence-corrected chi connectivity index (χ0v) is 21.8. The van der Waals surface area contributed by atoms with Crippen LogP contribution < -0.4 is 10.6 Å². The van der Waals surface area contributed by atoms with E-state index < -0.39 is 0 Å². The molecule has 6 heteroatoms. The number of rotatable bonds is 6. The molecule has 1 saturated heterocycles. The number of aliphatic imine (C=N–C) groups is 1. The molecule has 1 aliphatic carbocycles. The van der Waals surface area contributed by atoms with E-state index in [-0.39, 0.29) is 35.8 Å². The fourth-order valence-corrected chi connectivity index (χ4v) is 4.75. The van der Waals surface area contributed by atoms with E-state index in [9.17, 15) is 4.79 Å². The first-order valence-electron chi connectivity index (χ1n) is 11.9. The summed E-state index contributed by atoms with van der Waals surface area (Å²) in [6, 6.07) is 11.4. The van der Waals surface area contributed by atoms with Gasteiger partial charge < -0.3 is 15.5 Å². The van der Waals surface area contributed by atoms with Crippen molar-refractivity contribution in [2.24, 2.45) is 16.8 Å². The molecule has 3 rings (SSSR count). The number of nitrogens with one attached hydrogen (secondary N) is 2. The van der Waals surface area contributed by atoms with Crippen molar-refractivity contribution in [2.75, 3.05) is 26.2 Å². The number of piperidine rings is 1. The van der Waals surface area contributed by atoms with Gasteiger partial charge in [0.1, 0.15) is 0 Å². The number of hydrogen-bond donors (Lipinski definition) is 2. The van der Waals surface area contributed by atoms with E-state index >= 15 is 0 Å². The Morgan fingerprint density at radius 2 is 1.71 bits per heavy atom. The van der Waals surface area contributed by atoms with Crippen LogP contribution in [0.5, 0.6) is 0 Å². The van der Waals surface area contributed by atoms with E-state index in [2.05, 4.69) is 47.9 Å². The number of benzene rings is 1. The Bertz CT molecular complexity index is 678. The van der Waals surface area contributed by atoms with Crippen molar-refractivity contribution in [3.8, 4) is 0 Å². The van der Waals surface area contributed by atoms with Crippen LogP contribution in [0.4, 0.5) is 0 Å². The normalized spacial score (nSPS) is 22.7. The van der Waals surface area contributed by atoms with Gasteiger partial charge in [0, 0.05) is 38.1 Å². The highest BCUT2D eigenvalue weighted by molar-refractivity contribution is 14.0. The van der Waals surface area contributed by atoms with Crippen molar-refractivity contribution < 1.29 is 4.79 Å². The fourth-order valence-electron chi connectivity index (χ4n) is 4.75. The van der Waals surface area contributed by atoms with Crippen LogP contribution >= 0.6 is 24.0 Å². The van der Waals surface area contributed by atoms with Crippen molar-refractivity contribution in [2.45, 2.75) is 71.3 Å². The number of carbonyl (C=O) groups excluding carboxylic acids is 1. The highest BCUT2D eigenvalue weighted by atomic mass is 127. The summed E-state index contributed by atoms with van der Waals surface area (Å²) in [4.78, 5) is 19.1. The lowest BCUT2D eigenvalue weighted by Crippen LogP contribution is -2.50. The molecule has 174 valence electrons. The molecule has 1 aliphatic heterocycles. The van der Waals surface area contributed by atoms with E-state index in [4.69, 9.17) is 4.99 Å². The summed E-state index contributed by atoms with van der Waals surface area (Å²) < 4.78 is 0. The molecule has 0 spiro atoms. The van der Waals surface area contributed by atoms with Gasteiger partial charge in [-0.3, -0.25) is 9.79 Å². The molecule has 1 aromatic rings. The maximum atomic E-state index is 12.2. The van der Waals surface area contributed by atoms with Gasteiger partial charge in [0.15, 0.2) is 5.96 Å². The van der Waals surface area contributed by atoms with Crippen LogP contribution in [-0.4, -0.2) is 49.0 Å². The minimum absolute atomic E-state index is 0. The summed E-state index contributed by atoms with van der Waals surface area (Å²) in [7, 11) is 0. The van der Waals surface area contributed by atoms with Gasteiger partial charge in [-0.25, -0.2) is 0 Å². The molecule has 1 saturated carbocycles. The van der Waals surface area contributed by atoms with Crippen LogP contribution in [0.15, 0.2) is 35.3 Å². The first-order valence-corrected chi connectivity index (χ1v) is 11.9. The van der Waals surface area contributed by atoms with E-state index in [0.29, 0.717) is 12.0 Å². The van der Waals surface area contributed by atoms with E-state index in [0.717, 1.165) is 50.9 Å². The minimum Gasteiger partial charge on any atom is -0.357 e. The summed E-state index contributed by atoms with van der Waals surface area (Å²) in [6.45, 7) is 9.55. The molecule has 1 amide bonds. The highest BCUT2D eigenvalue weighted by Gasteiger charge is 2.25. The van der Waals surface area contributed by atoms with Gasteiger partial charge in [-0.1, -0.05) is 44.2 Å². The predicted octanol–water partition coefficient (Wildman–Crippen LogP) is 4.78. The van der Waals surface area contributed by atoms with Gasteiger partial charge in [-0.05, 0) is 62.8 Å². The summed E-state index contributed by atoms with van der Waals surface area (Å²) in [6.07, 6.45) is 7.06. The molecule has 2 N–H and O–H groups in total. The largest absolute Gasteiger partial charge is 0.357 e. The van der Waals surface area contributed by atoms with E-state index in [1.807, 2.05) is 18.7 Å². The van der Waals surface area contributed by atoms with Crippen LogP contribution in [0.25, 0.3) is 0 Å². The quantitative estimate of drug-likeness (QED) is 0.310. The third-order valence-electron chi connectivity index (χ3n) is 6.61. The third-order valence-corrected chi connectivity index (χ3v) is 6.61. The Kier molecular flexibility index (Phi) is 11.1. The number of likely N-dealkylation sites (tertiary alicyclic amines) is 1. The Labute approximate surface area is 205 Å². The second-order valence-electron chi connectivity index (χ2n) is 9.25. The molecule has 2 aliphatic rings. The standard InChI is InChI=1S/C25H40N4O.HI/c1-4-26-25(28-23-14-16-29(17-15-23)24(30)19(2)3)27-18-20-10-12-22(13-11-20)21-8-6-5-7-9-21;/h5-9,19-20,22-23H,4,10-18H2,1-3H3,(H2,26,27,28);1H. The van der Waals surface area contributed by atoms with Crippen LogP contribution in [0.2, 0.25) is 0 Å². The summed E-state index contributed by atoms with van der Waals surface area (Å²) in [5.41, 5.74) is 1.50. The Hall–Kier alpha value is -1.31. The molecule has 31 heavy (non-hydrogen) atoms. The monoisotopic (exact) mass is 540 g/mol. The molecule has 1 aromatic carbocycles. The van der Waals surface area contributed by atoms with Crippen LogP contribution in [0, 0.1) is 11.8 Å². The molecule has 1 heterocycles. The second kappa shape index (κ2) is 13.3. The van der Waals surface area contributed by atoms with Gasteiger partial charge in [0.05, 0.1) is 0 Å². The Balaban J connectivity index is 0.00000341. The second-order valence-corrected chi connectivity index (χ2v) is 9.25.